The molecule has 0 bridgehead atoms. The third kappa shape index (κ3) is 1.98. The summed E-state index contributed by atoms with van der Waals surface area (Å²) in [6.45, 7) is 7.16. The van der Waals surface area contributed by atoms with E-state index in [-0.39, 0.29) is 5.91 Å². The standard InChI is InChI=1S/C11H17NO2/c1-2-9-5-11(13)12(6-9)7-10-3-4-14-8-10/h2,9-10H,1,3-8H2. The van der Waals surface area contributed by atoms with E-state index >= 15 is 0 Å². The fourth-order valence-corrected chi connectivity index (χ4v) is 2.18. The molecule has 0 aromatic rings. The maximum atomic E-state index is 11.6. The fourth-order valence-electron chi connectivity index (χ4n) is 2.18. The number of likely N-dealkylation sites (tertiary alicyclic amines) is 1. The SMILES string of the molecule is C=CC1CC(=O)N(CC2CCOC2)C1. The topological polar surface area (TPSA) is 29.5 Å². The number of carbonyl (C=O) groups excluding carboxylic acids is 1. The summed E-state index contributed by atoms with van der Waals surface area (Å²) in [5.41, 5.74) is 0. The number of ether oxygens (including phenoxy) is 1. The number of hydrogen-bond donors (Lipinski definition) is 0. The third-order valence-corrected chi connectivity index (χ3v) is 3.08. The number of nitrogens with zero attached hydrogens (tertiary/aromatic N) is 1. The molecule has 3 heteroatoms. The Kier molecular flexibility index (Phi) is 2.87. The molecule has 2 unspecified atom stereocenters. The van der Waals surface area contributed by atoms with E-state index in [1.807, 2.05) is 11.0 Å². The summed E-state index contributed by atoms with van der Waals surface area (Å²) in [5, 5.41) is 0. The van der Waals surface area contributed by atoms with Gasteiger partial charge in [0.05, 0.1) is 6.61 Å². The Balaban J connectivity index is 1.85. The maximum Gasteiger partial charge on any atom is 0.223 e. The minimum Gasteiger partial charge on any atom is -0.381 e. The summed E-state index contributed by atoms with van der Waals surface area (Å²) in [5.74, 6) is 1.20. The monoisotopic (exact) mass is 195 g/mol. The van der Waals surface area contributed by atoms with E-state index in [9.17, 15) is 4.79 Å². The van der Waals surface area contributed by atoms with E-state index in [1.165, 1.54) is 0 Å². The van der Waals surface area contributed by atoms with Crippen LogP contribution in [0.2, 0.25) is 0 Å². The van der Waals surface area contributed by atoms with Gasteiger partial charge in [0.15, 0.2) is 0 Å². The zero-order chi connectivity index (χ0) is 9.97. The number of hydrogen-bond acceptors (Lipinski definition) is 2. The number of amides is 1. The Hall–Kier alpha value is -0.830. The van der Waals surface area contributed by atoms with Gasteiger partial charge in [0, 0.05) is 38.0 Å². The molecule has 0 spiro atoms. The van der Waals surface area contributed by atoms with Crippen LogP contribution in [0, 0.1) is 11.8 Å². The van der Waals surface area contributed by atoms with Gasteiger partial charge in [-0.2, -0.15) is 0 Å². The average Bonchev–Trinajstić information content (AvgIpc) is 2.78. The molecule has 1 amide bonds. The molecule has 2 fully saturated rings. The van der Waals surface area contributed by atoms with E-state index in [4.69, 9.17) is 4.74 Å². The lowest BCUT2D eigenvalue weighted by molar-refractivity contribution is -0.128. The maximum absolute atomic E-state index is 11.6. The highest BCUT2D eigenvalue weighted by molar-refractivity contribution is 5.78. The first-order chi connectivity index (χ1) is 6.79. The minimum absolute atomic E-state index is 0.279. The Bertz CT molecular complexity index is 233. The van der Waals surface area contributed by atoms with Gasteiger partial charge in [-0.1, -0.05) is 6.08 Å². The van der Waals surface area contributed by atoms with Crippen LogP contribution in [0.3, 0.4) is 0 Å². The third-order valence-electron chi connectivity index (χ3n) is 3.08. The van der Waals surface area contributed by atoms with Gasteiger partial charge < -0.3 is 9.64 Å². The van der Waals surface area contributed by atoms with Crippen LogP contribution in [0.1, 0.15) is 12.8 Å². The van der Waals surface area contributed by atoms with Crippen molar-refractivity contribution in [3.63, 3.8) is 0 Å². The van der Waals surface area contributed by atoms with Crippen molar-refractivity contribution >= 4 is 5.91 Å². The summed E-state index contributed by atoms with van der Waals surface area (Å²) >= 11 is 0. The van der Waals surface area contributed by atoms with Gasteiger partial charge >= 0.3 is 0 Å². The van der Waals surface area contributed by atoms with Crippen LogP contribution < -0.4 is 0 Å². The zero-order valence-electron chi connectivity index (χ0n) is 8.45. The van der Waals surface area contributed by atoms with Crippen molar-refractivity contribution in [1.82, 2.24) is 4.90 Å². The van der Waals surface area contributed by atoms with E-state index in [2.05, 4.69) is 6.58 Å². The van der Waals surface area contributed by atoms with Crippen LogP contribution in [-0.2, 0) is 9.53 Å². The predicted octanol–water partition coefficient (Wildman–Crippen LogP) is 1.06. The summed E-state index contributed by atoms with van der Waals surface area (Å²) in [7, 11) is 0. The second-order valence-electron chi connectivity index (χ2n) is 4.23. The van der Waals surface area contributed by atoms with Crippen LogP contribution in [0.15, 0.2) is 12.7 Å². The summed E-state index contributed by atoms with van der Waals surface area (Å²) in [6, 6.07) is 0. The molecule has 2 heterocycles. The predicted molar refractivity (Wildman–Crippen MR) is 53.8 cm³/mol. The van der Waals surface area contributed by atoms with Crippen LogP contribution in [0.5, 0.6) is 0 Å². The molecule has 2 aliphatic heterocycles. The molecular weight excluding hydrogens is 178 g/mol. The van der Waals surface area contributed by atoms with Crippen LogP contribution in [-0.4, -0.2) is 37.1 Å². The van der Waals surface area contributed by atoms with E-state index in [0.29, 0.717) is 18.3 Å². The van der Waals surface area contributed by atoms with Crippen molar-refractivity contribution in [3.05, 3.63) is 12.7 Å². The number of rotatable bonds is 3. The minimum atomic E-state index is 0.279. The van der Waals surface area contributed by atoms with Crippen molar-refractivity contribution in [2.45, 2.75) is 12.8 Å². The van der Waals surface area contributed by atoms with Crippen LogP contribution in [0.4, 0.5) is 0 Å². The molecule has 3 nitrogen and oxygen atoms in total. The molecule has 0 aliphatic carbocycles. The first-order valence-electron chi connectivity index (χ1n) is 5.27. The molecule has 78 valence electrons. The van der Waals surface area contributed by atoms with Gasteiger partial charge in [0.25, 0.3) is 0 Å². The fraction of sp³-hybridized carbons (Fsp3) is 0.727. The Morgan fingerprint density at radius 3 is 3.07 bits per heavy atom. The lowest BCUT2D eigenvalue weighted by Gasteiger charge is -2.19. The first kappa shape index (κ1) is 9.71. The Morgan fingerprint density at radius 2 is 2.50 bits per heavy atom. The van der Waals surface area contributed by atoms with Crippen LogP contribution >= 0.6 is 0 Å². The van der Waals surface area contributed by atoms with E-state index in [0.717, 1.165) is 32.7 Å². The van der Waals surface area contributed by atoms with Gasteiger partial charge in [-0.25, -0.2) is 0 Å². The lowest BCUT2D eigenvalue weighted by Crippen LogP contribution is -2.31. The van der Waals surface area contributed by atoms with Gasteiger partial charge in [-0.05, 0) is 6.42 Å². The normalized spacial score (nSPS) is 32.6. The molecular formula is C11H17NO2. The van der Waals surface area contributed by atoms with Gasteiger partial charge in [0.1, 0.15) is 0 Å². The molecule has 0 saturated carbocycles. The summed E-state index contributed by atoms with van der Waals surface area (Å²) in [4.78, 5) is 13.5. The molecule has 14 heavy (non-hydrogen) atoms. The first-order valence-corrected chi connectivity index (χ1v) is 5.27. The van der Waals surface area contributed by atoms with Crippen molar-refractivity contribution in [2.24, 2.45) is 11.8 Å². The molecule has 2 rings (SSSR count). The molecule has 2 aliphatic rings. The van der Waals surface area contributed by atoms with Crippen molar-refractivity contribution in [3.8, 4) is 0 Å². The highest BCUT2D eigenvalue weighted by Crippen LogP contribution is 2.22. The van der Waals surface area contributed by atoms with Crippen molar-refractivity contribution < 1.29 is 9.53 Å². The molecule has 0 aromatic heterocycles. The molecule has 0 radical (unpaired) electrons. The van der Waals surface area contributed by atoms with Crippen molar-refractivity contribution in [2.75, 3.05) is 26.3 Å². The zero-order valence-corrected chi connectivity index (χ0v) is 8.45. The van der Waals surface area contributed by atoms with E-state index < -0.39 is 0 Å². The van der Waals surface area contributed by atoms with Gasteiger partial charge in [-0.15, -0.1) is 6.58 Å². The molecule has 0 N–H and O–H groups in total. The number of carbonyl (C=O) groups is 1. The van der Waals surface area contributed by atoms with Crippen LogP contribution in [0.25, 0.3) is 0 Å². The molecule has 2 saturated heterocycles. The van der Waals surface area contributed by atoms with Gasteiger partial charge in [0.2, 0.25) is 5.91 Å². The summed E-state index contributed by atoms with van der Waals surface area (Å²) < 4.78 is 5.30. The second-order valence-corrected chi connectivity index (χ2v) is 4.23. The quantitative estimate of drug-likeness (QED) is 0.630. The second kappa shape index (κ2) is 4.13. The largest absolute Gasteiger partial charge is 0.381 e. The van der Waals surface area contributed by atoms with E-state index in [1.54, 1.807) is 0 Å². The average molecular weight is 195 g/mol. The highest BCUT2D eigenvalue weighted by Gasteiger charge is 2.30. The lowest BCUT2D eigenvalue weighted by atomic mass is 10.1. The molecule has 0 aromatic carbocycles. The smallest absolute Gasteiger partial charge is 0.223 e. The van der Waals surface area contributed by atoms with Crippen molar-refractivity contribution in [1.29, 1.82) is 0 Å². The highest BCUT2D eigenvalue weighted by atomic mass is 16.5. The molecule has 2 atom stereocenters. The summed E-state index contributed by atoms with van der Waals surface area (Å²) in [6.07, 6.45) is 3.64. The Labute approximate surface area is 84.7 Å². The Morgan fingerprint density at radius 1 is 1.64 bits per heavy atom. The van der Waals surface area contributed by atoms with Gasteiger partial charge in [-0.3, -0.25) is 4.79 Å².